The highest BCUT2D eigenvalue weighted by atomic mass is 16.5. The van der Waals surface area contributed by atoms with Crippen LogP contribution in [-0.4, -0.2) is 25.7 Å². The van der Waals surface area contributed by atoms with E-state index in [0.717, 1.165) is 18.9 Å². The Labute approximate surface area is 73.5 Å². The third-order valence-electron chi connectivity index (χ3n) is 2.01. The fraction of sp³-hybridized carbons (Fsp3) is 0.889. The smallest absolute Gasteiger partial charge is 0.319 e. The van der Waals surface area contributed by atoms with E-state index in [1.807, 2.05) is 6.92 Å². The molecular formula is C9H17NO2. The summed E-state index contributed by atoms with van der Waals surface area (Å²) in [6.07, 6.45) is 3.70. The molecule has 1 fully saturated rings. The van der Waals surface area contributed by atoms with E-state index in [4.69, 9.17) is 4.74 Å². The molecule has 0 amide bonds. The second-order valence-electron chi connectivity index (χ2n) is 3.23. The van der Waals surface area contributed by atoms with E-state index in [2.05, 4.69) is 5.32 Å². The topological polar surface area (TPSA) is 38.3 Å². The molecule has 3 heteroatoms. The van der Waals surface area contributed by atoms with Crippen molar-refractivity contribution in [3.05, 3.63) is 0 Å². The van der Waals surface area contributed by atoms with Gasteiger partial charge in [0.25, 0.3) is 0 Å². The Morgan fingerprint density at radius 2 is 2.33 bits per heavy atom. The summed E-state index contributed by atoms with van der Waals surface area (Å²) in [6.45, 7) is 3.74. The summed E-state index contributed by atoms with van der Waals surface area (Å²) >= 11 is 0. The molecule has 1 aliphatic rings. The van der Waals surface area contributed by atoms with Gasteiger partial charge in [-0.1, -0.05) is 19.8 Å². The van der Waals surface area contributed by atoms with Crippen molar-refractivity contribution in [1.82, 2.24) is 5.32 Å². The SMILES string of the molecule is CCNCC(=O)OCCC1CC1. The fourth-order valence-corrected chi connectivity index (χ4v) is 1.02. The molecule has 0 aromatic heterocycles. The average molecular weight is 171 g/mol. The zero-order valence-corrected chi connectivity index (χ0v) is 7.64. The van der Waals surface area contributed by atoms with Crippen LogP contribution in [-0.2, 0) is 9.53 Å². The van der Waals surface area contributed by atoms with Crippen LogP contribution in [0.15, 0.2) is 0 Å². The van der Waals surface area contributed by atoms with Crippen molar-refractivity contribution in [2.45, 2.75) is 26.2 Å². The van der Waals surface area contributed by atoms with Gasteiger partial charge in [-0.15, -0.1) is 0 Å². The maximum atomic E-state index is 10.9. The second-order valence-corrected chi connectivity index (χ2v) is 3.23. The van der Waals surface area contributed by atoms with Crippen molar-refractivity contribution >= 4 is 5.97 Å². The van der Waals surface area contributed by atoms with E-state index in [-0.39, 0.29) is 5.97 Å². The number of nitrogens with one attached hydrogen (secondary N) is 1. The Morgan fingerprint density at radius 1 is 1.58 bits per heavy atom. The van der Waals surface area contributed by atoms with Gasteiger partial charge in [0.1, 0.15) is 0 Å². The predicted molar refractivity (Wildman–Crippen MR) is 46.8 cm³/mol. The van der Waals surface area contributed by atoms with E-state index < -0.39 is 0 Å². The summed E-state index contributed by atoms with van der Waals surface area (Å²) in [4.78, 5) is 10.9. The molecule has 70 valence electrons. The van der Waals surface area contributed by atoms with Crippen molar-refractivity contribution < 1.29 is 9.53 Å². The number of hydrogen-bond acceptors (Lipinski definition) is 3. The van der Waals surface area contributed by atoms with Crippen LogP contribution in [0.25, 0.3) is 0 Å². The molecule has 0 aromatic carbocycles. The zero-order chi connectivity index (χ0) is 8.81. The Morgan fingerprint density at radius 3 is 2.92 bits per heavy atom. The first-order valence-corrected chi connectivity index (χ1v) is 4.69. The molecule has 0 aromatic rings. The predicted octanol–water partition coefficient (Wildman–Crippen LogP) is 0.939. The van der Waals surface area contributed by atoms with Crippen LogP contribution in [0.2, 0.25) is 0 Å². The van der Waals surface area contributed by atoms with Crippen LogP contribution in [0.1, 0.15) is 26.2 Å². The fourth-order valence-electron chi connectivity index (χ4n) is 1.02. The molecule has 1 saturated carbocycles. The van der Waals surface area contributed by atoms with Gasteiger partial charge in [-0.05, 0) is 18.9 Å². The Bertz CT molecular complexity index is 143. The molecule has 1 rings (SSSR count). The average Bonchev–Trinajstić information content (AvgIpc) is 2.84. The summed E-state index contributed by atoms with van der Waals surface area (Å²) in [5, 5.41) is 2.93. The molecule has 0 radical (unpaired) electrons. The van der Waals surface area contributed by atoms with Crippen LogP contribution in [0.4, 0.5) is 0 Å². The number of rotatable bonds is 6. The van der Waals surface area contributed by atoms with Crippen molar-refractivity contribution in [2.75, 3.05) is 19.7 Å². The van der Waals surface area contributed by atoms with Crippen molar-refractivity contribution in [2.24, 2.45) is 5.92 Å². The summed E-state index contributed by atoms with van der Waals surface area (Å²) in [5.41, 5.74) is 0. The highest BCUT2D eigenvalue weighted by molar-refractivity contribution is 5.71. The zero-order valence-electron chi connectivity index (χ0n) is 7.64. The van der Waals surface area contributed by atoms with Crippen molar-refractivity contribution in [3.63, 3.8) is 0 Å². The minimum atomic E-state index is -0.127. The van der Waals surface area contributed by atoms with E-state index in [1.165, 1.54) is 12.8 Å². The Hall–Kier alpha value is -0.570. The number of carbonyl (C=O) groups is 1. The molecule has 0 bridgehead atoms. The van der Waals surface area contributed by atoms with E-state index in [1.54, 1.807) is 0 Å². The van der Waals surface area contributed by atoms with Gasteiger partial charge in [0.15, 0.2) is 0 Å². The number of hydrogen-bond donors (Lipinski definition) is 1. The molecule has 1 aliphatic carbocycles. The minimum Gasteiger partial charge on any atom is -0.465 e. The lowest BCUT2D eigenvalue weighted by atomic mass is 10.3. The van der Waals surface area contributed by atoms with Gasteiger partial charge in [0.05, 0.1) is 13.2 Å². The largest absolute Gasteiger partial charge is 0.465 e. The van der Waals surface area contributed by atoms with Crippen molar-refractivity contribution in [3.8, 4) is 0 Å². The lowest BCUT2D eigenvalue weighted by Crippen LogP contribution is -2.24. The molecule has 0 unspecified atom stereocenters. The molecule has 0 aliphatic heterocycles. The van der Waals surface area contributed by atoms with Gasteiger partial charge >= 0.3 is 5.97 Å². The Balaban J connectivity index is 1.86. The summed E-state index contributed by atoms with van der Waals surface area (Å²) in [6, 6.07) is 0. The summed E-state index contributed by atoms with van der Waals surface area (Å²) in [5.74, 6) is 0.717. The van der Waals surface area contributed by atoms with Crippen LogP contribution >= 0.6 is 0 Å². The van der Waals surface area contributed by atoms with Crippen LogP contribution in [0.5, 0.6) is 0 Å². The highest BCUT2D eigenvalue weighted by Gasteiger charge is 2.20. The standard InChI is InChI=1S/C9H17NO2/c1-2-10-7-9(11)12-6-5-8-3-4-8/h8,10H,2-7H2,1H3. The summed E-state index contributed by atoms with van der Waals surface area (Å²) < 4.78 is 4.99. The number of esters is 1. The molecule has 0 saturated heterocycles. The maximum absolute atomic E-state index is 10.9. The third kappa shape index (κ3) is 4.34. The van der Waals surface area contributed by atoms with Gasteiger partial charge in [0.2, 0.25) is 0 Å². The minimum absolute atomic E-state index is 0.127. The third-order valence-corrected chi connectivity index (χ3v) is 2.01. The molecule has 0 spiro atoms. The van der Waals surface area contributed by atoms with Crippen molar-refractivity contribution in [1.29, 1.82) is 0 Å². The first kappa shape index (κ1) is 9.52. The number of likely N-dealkylation sites (N-methyl/N-ethyl adjacent to an activating group) is 1. The molecule has 1 N–H and O–H groups in total. The lowest BCUT2D eigenvalue weighted by molar-refractivity contribution is -0.142. The summed E-state index contributed by atoms with van der Waals surface area (Å²) in [7, 11) is 0. The van der Waals surface area contributed by atoms with Crippen LogP contribution < -0.4 is 5.32 Å². The van der Waals surface area contributed by atoms with E-state index in [9.17, 15) is 4.79 Å². The van der Waals surface area contributed by atoms with Gasteiger partial charge in [-0.2, -0.15) is 0 Å². The molecule has 12 heavy (non-hydrogen) atoms. The first-order valence-electron chi connectivity index (χ1n) is 4.69. The monoisotopic (exact) mass is 171 g/mol. The first-order chi connectivity index (χ1) is 5.83. The second kappa shape index (κ2) is 5.14. The molecule has 3 nitrogen and oxygen atoms in total. The quantitative estimate of drug-likeness (QED) is 0.604. The van der Waals surface area contributed by atoms with Gasteiger partial charge in [-0.3, -0.25) is 4.79 Å². The van der Waals surface area contributed by atoms with Crippen LogP contribution in [0, 0.1) is 5.92 Å². The van der Waals surface area contributed by atoms with E-state index >= 15 is 0 Å². The highest BCUT2D eigenvalue weighted by Crippen LogP contribution is 2.31. The Kier molecular flexibility index (Phi) is 4.08. The van der Waals surface area contributed by atoms with Gasteiger partial charge < -0.3 is 10.1 Å². The molecular weight excluding hydrogens is 154 g/mol. The van der Waals surface area contributed by atoms with Gasteiger partial charge in [-0.25, -0.2) is 0 Å². The van der Waals surface area contributed by atoms with E-state index in [0.29, 0.717) is 13.2 Å². The maximum Gasteiger partial charge on any atom is 0.319 e. The molecule has 0 atom stereocenters. The normalized spacial score (nSPS) is 16.1. The number of ether oxygens (including phenoxy) is 1. The van der Waals surface area contributed by atoms with Gasteiger partial charge in [0, 0.05) is 0 Å². The van der Waals surface area contributed by atoms with Crippen LogP contribution in [0.3, 0.4) is 0 Å². The lowest BCUT2D eigenvalue weighted by Gasteiger charge is -2.03. The molecule has 0 heterocycles. The number of carbonyl (C=O) groups excluding carboxylic acids is 1.